The number of hydrogen-bond donors (Lipinski definition) is 0. The van der Waals surface area contributed by atoms with Gasteiger partial charge in [0.15, 0.2) is 28.3 Å². The van der Waals surface area contributed by atoms with Gasteiger partial charge < -0.3 is 18.3 Å². The molecular weight excluding hydrogens is 484 g/mol. The first kappa shape index (κ1) is 26.7. The number of allylic oxidation sites excluding steroid dienone is 1. The van der Waals surface area contributed by atoms with Gasteiger partial charge in [-0.05, 0) is 67.9 Å². The number of rotatable bonds is 4. The molecule has 8 atom stereocenters. The second-order valence-electron chi connectivity index (χ2n) is 15.5. The monoisotopic (exact) mass is 532 g/mol. The lowest BCUT2D eigenvalue weighted by atomic mass is 9.67. The lowest BCUT2D eigenvalue weighted by Gasteiger charge is -2.53. The molecule has 1 saturated heterocycles. The smallest absolute Gasteiger partial charge is 0.426 e. The first-order valence-electron chi connectivity index (χ1n) is 13.9. The molecule has 1 aliphatic heterocycles. The van der Waals surface area contributed by atoms with E-state index in [0.29, 0.717) is 18.3 Å². The summed E-state index contributed by atoms with van der Waals surface area (Å²) in [6.45, 7) is 29.9. The van der Waals surface area contributed by atoms with Gasteiger partial charge in [0, 0.05) is 23.8 Å². The summed E-state index contributed by atoms with van der Waals surface area (Å²) < 4.78 is 27.2. The standard InChI is InChI=1S/C29H48O5Si2/c1-17-15-20-28(34-35(8,9)10)14-13-19-21(27(19,6)7)22(28)23(33-36(11,12)26(3,4)5)18(2)24-29(20,16-17)32-25(30)31-24/h15,18-19,21-24H,1,13-14,16H2,2-12H3/t18-,19+,21-,22+,23+,24+,28-,29-/m0/s1. The maximum absolute atomic E-state index is 12.8. The third kappa shape index (κ3) is 3.62. The molecule has 36 heavy (non-hydrogen) atoms. The lowest BCUT2D eigenvalue weighted by molar-refractivity contribution is -0.0814. The Bertz CT molecular complexity index is 1020. The van der Waals surface area contributed by atoms with Crippen LogP contribution in [0.25, 0.3) is 0 Å². The SMILES string of the molecule is C=C1C=C2[C@@]3(O[Si](C)(C)C)CC[C@@H]4[C@@H]([C@@H]3[C@H](O[Si](C)(C)C(C)(C)C)[C@H](C)[C@H]3OC(=O)O[C@@]23C1)C4(C)C. The van der Waals surface area contributed by atoms with E-state index in [-0.39, 0.29) is 28.4 Å². The van der Waals surface area contributed by atoms with Crippen LogP contribution in [0.4, 0.5) is 4.79 Å². The van der Waals surface area contributed by atoms with Crippen LogP contribution in [0.1, 0.15) is 60.8 Å². The predicted molar refractivity (Wildman–Crippen MR) is 148 cm³/mol. The topological polar surface area (TPSA) is 54.0 Å². The number of ether oxygens (including phenoxy) is 2. The molecule has 4 fully saturated rings. The highest BCUT2D eigenvalue weighted by molar-refractivity contribution is 6.74. The summed E-state index contributed by atoms with van der Waals surface area (Å²) in [5, 5.41) is 0.0679. The Kier molecular flexibility index (Phi) is 5.64. The fourth-order valence-corrected chi connectivity index (χ4v) is 11.0. The van der Waals surface area contributed by atoms with Crippen molar-refractivity contribution in [2.75, 3.05) is 0 Å². The molecule has 7 heteroatoms. The minimum atomic E-state index is -2.16. The zero-order chi connectivity index (χ0) is 26.9. The highest BCUT2D eigenvalue weighted by Crippen LogP contribution is 2.74. The first-order chi connectivity index (χ1) is 16.3. The number of hydrogen-bond acceptors (Lipinski definition) is 5. The van der Waals surface area contributed by atoms with Crippen molar-refractivity contribution >= 4 is 22.8 Å². The summed E-state index contributed by atoms with van der Waals surface area (Å²) >= 11 is 0. The van der Waals surface area contributed by atoms with Gasteiger partial charge in [0.2, 0.25) is 0 Å². The molecule has 0 aromatic rings. The maximum Gasteiger partial charge on any atom is 0.509 e. The zero-order valence-electron chi connectivity index (χ0n) is 24.4. The average Bonchev–Trinajstić information content (AvgIpc) is 2.97. The van der Waals surface area contributed by atoms with E-state index in [0.717, 1.165) is 24.0 Å². The van der Waals surface area contributed by atoms with Crippen LogP contribution < -0.4 is 0 Å². The molecule has 202 valence electrons. The van der Waals surface area contributed by atoms with E-state index in [1.165, 1.54) is 0 Å². The Labute approximate surface area is 220 Å². The normalized spacial score (nSPS) is 43.4. The fourth-order valence-electron chi connectivity index (χ4n) is 8.18. The van der Waals surface area contributed by atoms with Gasteiger partial charge in [-0.3, -0.25) is 0 Å². The van der Waals surface area contributed by atoms with Crippen LogP contribution in [0.3, 0.4) is 0 Å². The fraction of sp³-hybridized carbons (Fsp3) is 0.828. The molecule has 1 heterocycles. The largest absolute Gasteiger partial charge is 0.509 e. The third-order valence-electron chi connectivity index (χ3n) is 10.7. The van der Waals surface area contributed by atoms with Crippen molar-refractivity contribution in [2.45, 2.75) is 122 Å². The van der Waals surface area contributed by atoms with Crippen molar-refractivity contribution in [3.63, 3.8) is 0 Å². The molecule has 0 radical (unpaired) electrons. The van der Waals surface area contributed by atoms with Crippen molar-refractivity contribution < 1.29 is 23.1 Å². The summed E-state index contributed by atoms with van der Waals surface area (Å²) in [5.74, 6) is 1.33. The molecule has 0 bridgehead atoms. The Morgan fingerprint density at radius 1 is 1.11 bits per heavy atom. The minimum absolute atomic E-state index is 0.0212. The summed E-state index contributed by atoms with van der Waals surface area (Å²) in [7, 11) is -4.19. The molecule has 4 aliphatic carbocycles. The van der Waals surface area contributed by atoms with Crippen molar-refractivity contribution in [3.8, 4) is 0 Å². The Hall–Kier alpha value is -0.896. The second kappa shape index (κ2) is 7.60. The third-order valence-corrected chi connectivity index (χ3v) is 16.1. The average molecular weight is 533 g/mol. The van der Waals surface area contributed by atoms with Gasteiger partial charge in [-0.15, -0.1) is 0 Å². The van der Waals surface area contributed by atoms with E-state index < -0.39 is 40.1 Å². The zero-order valence-corrected chi connectivity index (χ0v) is 26.4. The highest BCUT2D eigenvalue weighted by Gasteiger charge is 2.77. The number of fused-ring (bicyclic) bond motifs is 4. The molecule has 5 rings (SSSR count). The lowest BCUT2D eigenvalue weighted by Crippen LogP contribution is -2.59. The predicted octanol–water partition coefficient (Wildman–Crippen LogP) is 7.46. The van der Waals surface area contributed by atoms with Gasteiger partial charge in [-0.25, -0.2) is 4.79 Å². The van der Waals surface area contributed by atoms with Gasteiger partial charge in [-0.2, -0.15) is 0 Å². The van der Waals surface area contributed by atoms with E-state index in [2.05, 4.69) is 86.9 Å². The molecule has 0 N–H and O–H groups in total. The van der Waals surface area contributed by atoms with Crippen LogP contribution >= 0.6 is 0 Å². The van der Waals surface area contributed by atoms with Crippen molar-refractivity contribution in [3.05, 3.63) is 23.8 Å². The summed E-state index contributed by atoms with van der Waals surface area (Å²) in [6, 6.07) is 0. The van der Waals surface area contributed by atoms with Crippen LogP contribution in [0.15, 0.2) is 23.8 Å². The first-order valence-corrected chi connectivity index (χ1v) is 20.3. The van der Waals surface area contributed by atoms with Crippen LogP contribution in [0.2, 0.25) is 37.8 Å². The summed E-state index contributed by atoms with van der Waals surface area (Å²) in [5.41, 5.74) is 0.965. The van der Waals surface area contributed by atoms with Gasteiger partial charge in [0.05, 0.1) is 11.7 Å². The maximum atomic E-state index is 12.8. The van der Waals surface area contributed by atoms with Crippen molar-refractivity contribution in [1.82, 2.24) is 0 Å². The van der Waals surface area contributed by atoms with Gasteiger partial charge >= 0.3 is 6.16 Å². The molecule has 1 spiro atoms. The van der Waals surface area contributed by atoms with Crippen LogP contribution in [-0.2, 0) is 18.3 Å². The van der Waals surface area contributed by atoms with E-state index in [1.807, 2.05) is 0 Å². The Balaban J connectivity index is 1.77. The van der Waals surface area contributed by atoms with Crippen molar-refractivity contribution in [2.24, 2.45) is 29.1 Å². The Morgan fingerprint density at radius 3 is 2.33 bits per heavy atom. The van der Waals surface area contributed by atoms with E-state index in [9.17, 15) is 4.79 Å². The van der Waals surface area contributed by atoms with Gasteiger partial charge in [-0.1, -0.05) is 59.8 Å². The number of carbonyl (C=O) groups excluding carboxylic acids is 1. The molecule has 0 aromatic heterocycles. The van der Waals surface area contributed by atoms with E-state index in [4.69, 9.17) is 18.3 Å². The quantitative estimate of drug-likeness (QED) is 0.278. The van der Waals surface area contributed by atoms with Crippen molar-refractivity contribution in [1.29, 1.82) is 0 Å². The molecule has 0 aromatic carbocycles. The van der Waals surface area contributed by atoms with Gasteiger partial charge in [0.1, 0.15) is 0 Å². The molecule has 0 amide bonds. The molecule has 5 nitrogen and oxygen atoms in total. The second-order valence-corrected chi connectivity index (χ2v) is 24.7. The summed E-state index contributed by atoms with van der Waals surface area (Å²) in [4.78, 5) is 12.8. The van der Waals surface area contributed by atoms with Crippen LogP contribution in [-0.4, -0.2) is 46.2 Å². The highest BCUT2D eigenvalue weighted by atomic mass is 28.4. The van der Waals surface area contributed by atoms with Crippen LogP contribution in [0, 0.1) is 29.1 Å². The van der Waals surface area contributed by atoms with E-state index >= 15 is 0 Å². The summed E-state index contributed by atoms with van der Waals surface area (Å²) in [6.07, 6.45) is 3.80. The number of carbonyl (C=O) groups is 1. The molecular formula is C29H48O5Si2. The minimum Gasteiger partial charge on any atom is -0.426 e. The van der Waals surface area contributed by atoms with Crippen LogP contribution in [0.5, 0.6) is 0 Å². The van der Waals surface area contributed by atoms with Gasteiger partial charge in [0.25, 0.3) is 0 Å². The molecule has 3 saturated carbocycles. The van der Waals surface area contributed by atoms with E-state index in [1.54, 1.807) is 0 Å². The Morgan fingerprint density at radius 2 is 1.75 bits per heavy atom. The molecule has 5 aliphatic rings. The molecule has 0 unspecified atom stereocenters.